The van der Waals surface area contributed by atoms with Gasteiger partial charge in [-0.15, -0.1) is 35.7 Å². The molecular weight excluding hydrogens is 1980 g/mol. The van der Waals surface area contributed by atoms with E-state index < -0.39 is 0 Å². The van der Waals surface area contributed by atoms with Gasteiger partial charge in [-0.25, -0.2) is 104 Å². The molecule has 24 aromatic heterocycles. The van der Waals surface area contributed by atoms with Gasteiger partial charge in [-0.1, -0.05) is 67.4 Å². The van der Waals surface area contributed by atoms with E-state index in [1.807, 2.05) is 83.3 Å². The number of hydrogen-bond donors (Lipinski definition) is 3. The average molecular weight is 2050 g/mol. The van der Waals surface area contributed by atoms with Crippen molar-refractivity contribution in [3.8, 4) is 0 Å². The SMILES string of the molecule is Cn1ccnc1Sc1ncnc2ccoc12.Cn1cnnc1Sc1ncnc2ccoc12.Cn1nnnc1Sc1ncnc2ccoc12.c1c[nH]c(Sc2ncnc3ccoc23)n1.c1nc(SC2CCCC2)c2occc2n1.c1nc(SC2CCCCC2)c2occc2n1.c1nc(SC2CCOCC2)c2occc2n1.c1nc(Sc2nn[nH]n2)c2occc2n1.c1nc(Sc2nn[nH]n2)c2occc2n1. The Labute approximate surface area is 825 Å². The summed E-state index contributed by atoms with van der Waals surface area (Å²) in [5.41, 5.74) is 13.9. The molecule has 0 bridgehead atoms. The molecule has 140 heavy (non-hydrogen) atoms. The lowest BCUT2D eigenvalue weighted by Gasteiger charge is -2.20. The molecular formula is C84H73N37O10S9. The fourth-order valence-corrected chi connectivity index (χ4v) is 21.5. The minimum Gasteiger partial charge on any atom is -0.460 e. The van der Waals surface area contributed by atoms with E-state index in [9.17, 15) is 0 Å². The lowest BCUT2D eigenvalue weighted by atomic mass is 10.0. The van der Waals surface area contributed by atoms with Crippen LogP contribution in [0, 0.1) is 0 Å². The molecule has 0 atom stereocenters. The van der Waals surface area contributed by atoms with Crippen molar-refractivity contribution in [3.05, 3.63) is 199 Å². The largest absolute Gasteiger partial charge is 0.460 e. The van der Waals surface area contributed by atoms with Gasteiger partial charge in [-0.2, -0.15) is 10.4 Å². The predicted molar refractivity (Wildman–Crippen MR) is 511 cm³/mol. The molecule has 27 rings (SSSR count). The van der Waals surface area contributed by atoms with Crippen molar-refractivity contribution >= 4 is 206 Å². The summed E-state index contributed by atoms with van der Waals surface area (Å²) in [6.45, 7) is 1.70. The highest BCUT2D eigenvalue weighted by molar-refractivity contribution is 8.01. The zero-order valence-corrected chi connectivity index (χ0v) is 80.7. The summed E-state index contributed by atoms with van der Waals surface area (Å²) in [6.07, 6.45) is 51.3. The number of aromatic nitrogens is 37. The first-order chi connectivity index (χ1) is 69.1. The molecule has 1 aliphatic heterocycles. The van der Waals surface area contributed by atoms with Gasteiger partial charge in [0.2, 0.25) is 15.5 Å². The van der Waals surface area contributed by atoms with E-state index in [1.165, 1.54) is 166 Å². The Bertz CT molecular complexity index is 7360. The summed E-state index contributed by atoms with van der Waals surface area (Å²) in [5, 5.41) is 59.2. The van der Waals surface area contributed by atoms with Crippen LogP contribution < -0.4 is 0 Å². The van der Waals surface area contributed by atoms with Crippen LogP contribution in [-0.4, -0.2) is 214 Å². The molecule has 3 N–H and O–H groups in total. The minimum absolute atomic E-state index is 0.492. The van der Waals surface area contributed by atoms with Crippen molar-refractivity contribution in [2.45, 2.75) is 163 Å². The molecule has 2 saturated carbocycles. The zero-order chi connectivity index (χ0) is 94.8. The maximum absolute atomic E-state index is 5.44. The van der Waals surface area contributed by atoms with Gasteiger partial charge in [0.1, 0.15) is 128 Å². The van der Waals surface area contributed by atoms with Crippen molar-refractivity contribution in [3.63, 3.8) is 0 Å². The summed E-state index contributed by atoms with van der Waals surface area (Å²) in [7, 11) is 5.58. The Kier molecular flexibility index (Phi) is 31.8. The van der Waals surface area contributed by atoms with Gasteiger partial charge < -0.3 is 58.6 Å². The topological polar surface area (TPSA) is 589 Å². The van der Waals surface area contributed by atoms with Crippen LogP contribution in [0.2, 0.25) is 0 Å². The summed E-state index contributed by atoms with van der Waals surface area (Å²) >= 11 is 13.6. The highest BCUT2D eigenvalue weighted by Gasteiger charge is 2.24. The highest BCUT2D eigenvalue weighted by atomic mass is 32.2. The maximum atomic E-state index is 5.44. The molecule has 0 amide bonds. The number of ether oxygens (including phenoxy) is 1. The van der Waals surface area contributed by atoms with Crippen molar-refractivity contribution in [1.29, 1.82) is 0 Å². The number of furan rings is 9. The van der Waals surface area contributed by atoms with Crippen LogP contribution in [0.25, 0.3) is 99.9 Å². The van der Waals surface area contributed by atoms with Crippen LogP contribution >= 0.6 is 106 Å². The third-order valence-corrected chi connectivity index (χ3v) is 29.7. The number of nitrogens with zero attached hydrogens (tertiary/aromatic N) is 34. The van der Waals surface area contributed by atoms with Crippen LogP contribution in [0.3, 0.4) is 0 Å². The molecule has 25 heterocycles. The third-order valence-electron chi connectivity index (χ3n) is 20.0. The number of aryl methyl sites for hydroxylation is 3. The molecule has 0 radical (unpaired) electrons. The molecule has 47 nitrogen and oxygen atoms in total. The summed E-state index contributed by atoms with van der Waals surface area (Å²) in [5.74, 6) is 0. The number of fused-ring (bicyclic) bond motifs is 9. The normalized spacial score (nSPS) is 13.3. The molecule has 3 aliphatic rings. The Morgan fingerprint density at radius 3 is 0.950 bits per heavy atom. The van der Waals surface area contributed by atoms with E-state index in [0.29, 0.717) is 79.8 Å². The maximum Gasteiger partial charge on any atom is 0.237 e. The second-order valence-corrected chi connectivity index (χ2v) is 38.8. The van der Waals surface area contributed by atoms with Crippen molar-refractivity contribution in [2.75, 3.05) is 13.2 Å². The lowest BCUT2D eigenvalue weighted by Crippen LogP contribution is -2.17. The number of H-pyrrole nitrogens is 3. The second-order valence-electron chi connectivity index (χ2n) is 29.2. The second kappa shape index (κ2) is 47.2. The van der Waals surface area contributed by atoms with E-state index in [4.69, 9.17) is 44.5 Å². The quantitative estimate of drug-likeness (QED) is 0.0672. The third kappa shape index (κ3) is 24.4. The first kappa shape index (κ1) is 94.4. The highest BCUT2D eigenvalue weighted by Crippen LogP contribution is 2.41. The molecule has 0 spiro atoms. The van der Waals surface area contributed by atoms with Gasteiger partial charge in [0.25, 0.3) is 0 Å². The van der Waals surface area contributed by atoms with E-state index in [1.54, 1.807) is 148 Å². The molecule has 0 aromatic carbocycles. The minimum atomic E-state index is 0.492. The summed E-state index contributed by atoms with van der Waals surface area (Å²) in [4.78, 5) is 86.0. The summed E-state index contributed by atoms with van der Waals surface area (Å²) < 4.78 is 58.8. The van der Waals surface area contributed by atoms with Gasteiger partial charge in [-0.3, -0.25) is 0 Å². The standard InChI is InChI=1S/C12H14N2OS.C11H12N2O2S.C11H12N2OS.C10H8N4OS.C9H7N5OS.C9H6N4OS.C8H6N6OS.2C7H4N6OS/c1-2-4-9(5-3-1)16-12-11-10(6-7-15-11)13-8-14-12;1-4-14-5-2-8(1)16-11-10-9(3-6-15-10)12-7-13-11;1-2-4-8(3-1)15-11-10-9(5-6-14-10)12-7-13-11;1-14-4-3-11-10(14)16-9-8-7(2-5-15-8)12-6-13-9;1-14-5-12-13-9(14)16-8-7-6(2-3-15-7)10-4-11-8;1-4-14-7-6(1)12-5-13-8(7)15-9-10-2-3-11-9;1-14-8(11-12-13-14)16-7-6-5(2-3-15-6)9-4-10-7;2*1-2-14-5-4(1)8-3-9-6(5)15-7-10-12-13-11-7/h6-9H,1-5H2;3,6-8H,1-2,4-5H2;5-8H,1-4H2;2-6H,1H3;2-5H,1H3;1-5H,(H,10,11);2-4H,1H3;2*1-3H,(H,10,11,12,13). The van der Waals surface area contributed by atoms with E-state index in [0.717, 1.165) is 138 Å². The zero-order valence-electron chi connectivity index (χ0n) is 73.4. The molecule has 56 heteroatoms. The number of tetrazole rings is 3. The Hall–Kier alpha value is -14.5. The fourth-order valence-electron chi connectivity index (χ4n) is 13.4. The van der Waals surface area contributed by atoms with Crippen molar-refractivity contribution < 1.29 is 44.5 Å². The van der Waals surface area contributed by atoms with Crippen LogP contribution in [0.1, 0.15) is 70.6 Å². The fraction of sp³-hybridized carbons (Fsp3) is 0.226. The van der Waals surface area contributed by atoms with Crippen LogP contribution in [-0.2, 0) is 25.9 Å². The number of thioether (sulfide) groups is 3. The first-order valence-electron chi connectivity index (χ1n) is 42.4. The Morgan fingerprint density at radius 2 is 0.636 bits per heavy atom. The predicted octanol–water partition coefficient (Wildman–Crippen LogP) is 17.8. The molecule has 24 aromatic rings. The van der Waals surface area contributed by atoms with Gasteiger partial charge in [0.15, 0.2) is 95.9 Å². The van der Waals surface area contributed by atoms with Crippen molar-refractivity contribution in [1.82, 2.24) is 185 Å². The van der Waals surface area contributed by atoms with Crippen LogP contribution in [0.4, 0.5) is 0 Å². The number of rotatable bonds is 18. The van der Waals surface area contributed by atoms with Crippen LogP contribution in [0.15, 0.2) is 315 Å². The number of imidazole rings is 2. The lowest BCUT2D eigenvalue weighted by molar-refractivity contribution is 0.1000. The molecule has 2 aliphatic carbocycles. The monoisotopic (exact) mass is 2050 g/mol. The van der Waals surface area contributed by atoms with E-state index in [-0.39, 0.29) is 0 Å². The number of hydrogen-bond acceptors (Lipinski definition) is 50. The summed E-state index contributed by atoms with van der Waals surface area (Å²) in [6, 6.07) is 16.4. The van der Waals surface area contributed by atoms with Crippen molar-refractivity contribution in [2.24, 2.45) is 21.1 Å². The Morgan fingerprint density at radius 1 is 0.307 bits per heavy atom. The average Bonchev–Trinajstić information content (AvgIpc) is 1.65. The van der Waals surface area contributed by atoms with Gasteiger partial charge >= 0.3 is 0 Å². The van der Waals surface area contributed by atoms with Crippen LogP contribution in [0.5, 0.6) is 0 Å². The molecule has 0 unspecified atom stereocenters. The number of aromatic amines is 3. The molecule has 3 fully saturated rings. The van der Waals surface area contributed by atoms with Gasteiger partial charge in [0.05, 0.1) is 56.4 Å². The smallest absolute Gasteiger partial charge is 0.237 e. The van der Waals surface area contributed by atoms with Gasteiger partial charge in [-0.05, 0) is 130 Å². The van der Waals surface area contributed by atoms with Gasteiger partial charge in [0, 0.05) is 129 Å². The molecule has 1 saturated heterocycles. The van der Waals surface area contributed by atoms with E-state index in [2.05, 4.69) is 172 Å². The molecule has 708 valence electrons. The number of nitrogens with one attached hydrogen (secondary N) is 3. The van der Waals surface area contributed by atoms with E-state index >= 15 is 0 Å². The Balaban J connectivity index is 0.000000100. The first-order valence-corrected chi connectivity index (χ1v) is 50.0.